The first-order valence-corrected chi connectivity index (χ1v) is 8.96. The Morgan fingerprint density at radius 1 is 1.12 bits per heavy atom. The fourth-order valence-electron chi connectivity index (χ4n) is 2.50. The van der Waals surface area contributed by atoms with Crippen LogP contribution >= 0.6 is 15.9 Å². The number of nitrogens with one attached hydrogen (secondary N) is 2. The molecule has 26 heavy (non-hydrogen) atoms. The smallest absolute Gasteiger partial charge is 0.191 e. The van der Waals surface area contributed by atoms with Gasteiger partial charge in [0, 0.05) is 20.1 Å². The predicted octanol–water partition coefficient (Wildman–Crippen LogP) is 3.51. The molecule has 0 atom stereocenters. The summed E-state index contributed by atoms with van der Waals surface area (Å²) in [6.07, 6.45) is 0.709. The van der Waals surface area contributed by atoms with Crippen LogP contribution in [0.5, 0.6) is 11.5 Å². The molecule has 0 aliphatic rings. The summed E-state index contributed by atoms with van der Waals surface area (Å²) in [5, 5.41) is 6.47. The molecule has 0 bridgehead atoms. The number of guanidine groups is 1. The van der Waals surface area contributed by atoms with Gasteiger partial charge in [0.2, 0.25) is 0 Å². The minimum absolute atomic E-state index is 0.218. The molecule has 5 nitrogen and oxygen atoms in total. The summed E-state index contributed by atoms with van der Waals surface area (Å²) in [7, 11) is 4.92. The normalized spacial score (nSPS) is 11.2. The molecule has 0 fully saturated rings. The van der Waals surface area contributed by atoms with Crippen molar-refractivity contribution in [2.45, 2.75) is 13.0 Å². The summed E-state index contributed by atoms with van der Waals surface area (Å²) in [6, 6.07) is 10.5. The van der Waals surface area contributed by atoms with Crippen LogP contribution in [0.25, 0.3) is 0 Å². The van der Waals surface area contributed by atoms with Gasteiger partial charge in [-0.3, -0.25) is 4.99 Å². The fraction of sp³-hybridized carbons (Fsp3) is 0.316. The maximum absolute atomic E-state index is 13.2. The van der Waals surface area contributed by atoms with Crippen molar-refractivity contribution in [2.75, 3.05) is 27.8 Å². The molecule has 0 saturated carbocycles. The molecule has 0 spiro atoms. The summed E-state index contributed by atoms with van der Waals surface area (Å²) in [5.74, 6) is 1.78. The van der Waals surface area contributed by atoms with E-state index in [0.717, 1.165) is 15.6 Å². The first kappa shape index (κ1) is 20.0. The molecule has 0 heterocycles. The highest BCUT2D eigenvalue weighted by Gasteiger charge is 2.10. The van der Waals surface area contributed by atoms with Gasteiger partial charge in [0.25, 0.3) is 0 Å². The van der Waals surface area contributed by atoms with Gasteiger partial charge in [-0.15, -0.1) is 0 Å². The number of hydrogen-bond donors (Lipinski definition) is 2. The van der Waals surface area contributed by atoms with Gasteiger partial charge in [-0.2, -0.15) is 0 Å². The van der Waals surface area contributed by atoms with Gasteiger partial charge in [0.15, 0.2) is 17.5 Å². The molecule has 0 amide bonds. The zero-order valence-corrected chi connectivity index (χ0v) is 16.7. The Morgan fingerprint density at radius 2 is 1.92 bits per heavy atom. The number of nitrogens with zero attached hydrogens (tertiary/aromatic N) is 1. The Balaban J connectivity index is 1.89. The van der Waals surface area contributed by atoms with Crippen molar-refractivity contribution in [1.82, 2.24) is 10.6 Å². The van der Waals surface area contributed by atoms with E-state index in [1.54, 1.807) is 33.4 Å². The zero-order chi connectivity index (χ0) is 18.9. The summed E-state index contributed by atoms with van der Waals surface area (Å²) < 4.78 is 24.7. The lowest BCUT2D eigenvalue weighted by Crippen LogP contribution is -2.37. The molecular formula is C19H23BrFN3O2. The summed E-state index contributed by atoms with van der Waals surface area (Å²) in [5.41, 5.74) is 1.96. The molecule has 2 aromatic rings. The standard InChI is InChI=1S/C19H23BrFN3O2/c1-22-19(23-8-7-13-5-4-6-15(21)9-13)24-12-14-10-16(20)18(26-3)17(11-14)25-2/h4-6,9-11H,7-8,12H2,1-3H3,(H2,22,23,24). The molecule has 0 saturated heterocycles. The van der Waals surface area contributed by atoms with E-state index in [0.29, 0.717) is 37.0 Å². The second kappa shape index (κ2) is 10.0. The molecule has 2 N–H and O–H groups in total. The highest BCUT2D eigenvalue weighted by Crippen LogP contribution is 2.36. The lowest BCUT2D eigenvalue weighted by molar-refractivity contribution is 0.352. The van der Waals surface area contributed by atoms with Crippen LogP contribution in [0.2, 0.25) is 0 Å². The van der Waals surface area contributed by atoms with Gasteiger partial charge in [-0.05, 0) is 57.7 Å². The molecule has 140 valence electrons. The minimum Gasteiger partial charge on any atom is -0.493 e. The number of methoxy groups -OCH3 is 2. The number of aliphatic imine (C=N–C) groups is 1. The van der Waals surface area contributed by atoms with E-state index < -0.39 is 0 Å². The highest BCUT2D eigenvalue weighted by atomic mass is 79.9. The highest BCUT2D eigenvalue weighted by molar-refractivity contribution is 9.10. The van der Waals surface area contributed by atoms with Crippen molar-refractivity contribution in [3.05, 3.63) is 57.8 Å². The maximum Gasteiger partial charge on any atom is 0.191 e. The third-order valence-electron chi connectivity index (χ3n) is 3.77. The zero-order valence-electron chi connectivity index (χ0n) is 15.1. The van der Waals surface area contributed by atoms with Crippen molar-refractivity contribution >= 4 is 21.9 Å². The molecule has 7 heteroatoms. The van der Waals surface area contributed by atoms with Gasteiger partial charge < -0.3 is 20.1 Å². The maximum atomic E-state index is 13.2. The van der Waals surface area contributed by atoms with Crippen molar-refractivity contribution < 1.29 is 13.9 Å². The van der Waals surface area contributed by atoms with Crippen molar-refractivity contribution in [1.29, 1.82) is 0 Å². The van der Waals surface area contributed by atoms with E-state index in [1.165, 1.54) is 6.07 Å². The quantitative estimate of drug-likeness (QED) is 0.528. The van der Waals surface area contributed by atoms with Crippen molar-refractivity contribution in [3.63, 3.8) is 0 Å². The second-order valence-corrected chi connectivity index (χ2v) is 6.40. The summed E-state index contributed by atoms with van der Waals surface area (Å²) in [4.78, 5) is 4.20. The molecule has 0 aliphatic heterocycles. The van der Waals surface area contributed by atoms with E-state index >= 15 is 0 Å². The number of halogens is 2. The summed E-state index contributed by atoms with van der Waals surface area (Å²) >= 11 is 3.49. The van der Waals surface area contributed by atoms with Gasteiger partial charge >= 0.3 is 0 Å². The molecule has 0 aliphatic carbocycles. The molecular weight excluding hydrogens is 401 g/mol. The third-order valence-corrected chi connectivity index (χ3v) is 4.36. The van der Waals surface area contributed by atoms with Gasteiger partial charge in [-0.1, -0.05) is 12.1 Å². The van der Waals surface area contributed by atoms with Gasteiger partial charge in [0.1, 0.15) is 5.82 Å². The second-order valence-electron chi connectivity index (χ2n) is 5.55. The Hall–Kier alpha value is -2.28. The van der Waals surface area contributed by atoms with Crippen LogP contribution in [0.1, 0.15) is 11.1 Å². The number of benzene rings is 2. The topological polar surface area (TPSA) is 54.9 Å². The molecule has 0 unspecified atom stereocenters. The summed E-state index contributed by atoms with van der Waals surface area (Å²) in [6.45, 7) is 1.22. The van der Waals surface area contributed by atoms with Crippen molar-refractivity contribution in [2.24, 2.45) is 4.99 Å². The van der Waals surface area contributed by atoms with Crippen LogP contribution in [-0.2, 0) is 13.0 Å². The van der Waals surface area contributed by atoms with Crippen LogP contribution in [-0.4, -0.2) is 33.8 Å². The van der Waals surface area contributed by atoms with Crippen molar-refractivity contribution in [3.8, 4) is 11.5 Å². The van der Waals surface area contributed by atoms with Crippen LogP contribution in [0.15, 0.2) is 45.9 Å². The largest absolute Gasteiger partial charge is 0.493 e. The average molecular weight is 424 g/mol. The molecule has 2 rings (SSSR count). The monoisotopic (exact) mass is 423 g/mol. The van der Waals surface area contributed by atoms with E-state index in [2.05, 4.69) is 31.6 Å². The fourth-order valence-corrected chi connectivity index (χ4v) is 3.15. The van der Waals surface area contributed by atoms with Crippen LogP contribution in [0, 0.1) is 5.82 Å². The van der Waals surface area contributed by atoms with E-state index in [4.69, 9.17) is 9.47 Å². The Labute approximate surface area is 161 Å². The van der Waals surface area contributed by atoms with E-state index in [1.807, 2.05) is 18.2 Å². The molecule has 0 radical (unpaired) electrons. The number of hydrogen-bond acceptors (Lipinski definition) is 3. The van der Waals surface area contributed by atoms with Gasteiger partial charge in [0.05, 0.1) is 18.7 Å². The average Bonchev–Trinajstić information content (AvgIpc) is 2.64. The minimum atomic E-state index is -0.218. The lowest BCUT2D eigenvalue weighted by atomic mass is 10.1. The SMILES string of the molecule is CN=C(NCCc1cccc(F)c1)NCc1cc(Br)c(OC)c(OC)c1. The van der Waals surface area contributed by atoms with E-state index in [9.17, 15) is 4.39 Å². The van der Waals surface area contributed by atoms with Crippen LogP contribution in [0.3, 0.4) is 0 Å². The lowest BCUT2D eigenvalue weighted by Gasteiger charge is -2.14. The first-order chi connectivity index (χ1) is 12.6. The Morgan fingerprint density at radius 3 is 2.58 bits per heavy atom. The van der Waals surface area contributed by atoms with E-state index in [-0.39, 0.29) is 5.82 Å². The first-order valence-electron chi connectivity index (χ1n) is 8.16. The Kier molecular flexibility index (Phi) is 7.72. The molecule has 2 aromatic carbocycles. The third kappa shape index (κ3) is 5.62. The number of rotatable bonds is 7. The van der Waals surface area contributed by atoms with Crippen LogP contribution in [0.4, 0.5) is 4.39 Å². The Bertz CT molecular complexity index is 768. The predicted molar refractivity (Wildman–Crippen MR) is 106 cm³/mol. The van der Waals surface area contributed by atoms with Crippen LogP contribution < -0.4 is 20.1 Å². The number of ether oxygens (including phenoxy) is 2. The molecule has 0 aromatic heterocycles. The van der Waals surface area contributed by atoms with Gasteiger partial charge in [-0.25, -0.2) is 4.39 Å².